The Bertz CT molecular complexity index is 717. The Morgan fingerprint density at radius 2 is 1.74 bits per heavy atom. The number of amides is 1. The Morgan fingerprint density at radius 1 is 1.04 bits per heavy atom. The van der Waals surface area contributed by atoms with Crippen LogP contribution in [0.15, 0.2) is 42.5 Å². The fourth-order valence-corrected chi connectivity index (χ4v) is 1.75. The summed E-state index contributed by atoms with van der Waals surface area (Å²) in [6.07, 6.45) is -0.0568. The minimum Gasteiger partial charge on any atom is -0.508 e. The minimum atomic E-state index is -1.09. The van der Waals surface area contributed by atoms with Gasteiger partial charge in [0.05, 0.1) is 6.42 Å². The number of anilines is 1. The molecule has 2 aromatic rings. The van der Waals surface area contributed by atoms with Crippen molar-refractivity contribution in [2.24, 2.45) is 0 Å². The van der Waals surface area contributed by atoms with Crippen LogP contribution in [0.5, 0.6) is 5.75 Å². The van der Waals surface area contributed by atoms with Crippen molar-refractivity contribution in [3.8, 4) is 5.75 Å². The molecule has 2 N–H and O–H groups in total. The summed E-state index contributed by atoms with van der Waals surface area (Å²) in [6.45, 7) is -0.546. The highest BCUT2D eigenvalue weighted by Crippen LogP contribution is 2.13. The number of esters is 1. The molecule has 0 bridgehead atoms. The Morgan fingerprint density at radius 3 is 2.39 bits per heavy atom. The first-order valence-electron chi connectivity index (χ1n) is 6.62. The van der Waals surface area contributed by atoms with Crippen LogP contribution in [0.3, 0.4) is 0 Å². The normalized spacial score (nSPS) is 10.2. The molecule has 2 aromatic carbocycles. The first kappa shape index (κ1) is 16.4. The summed E-state index contributed by atoms with van der Waals surface area (Å²) >= 11 is 0. The van der Waals surface area contributed by atoms with Gasteiger partial charge in [0.1, 0.15) is 5.75 Å². The lowest BCUT2D eigenvalue weighted by Gasteiger charge is -2.07. The van der Waals surface area contributed by atoms with E-state index in [1.165, 1.54) is 18.2 Å². The summed E-state index contributed by atoms with van der Waals surface area (Å²) in [4.78, 5) is 23.2. The van der Waals surface area contributed by atoms with E-state index in [-0.39, 0.29) is 17.9 Å². The number of carbonyl (C=O) groups excluding carboxylic acids is 2. The Balaban J connectivity index is 1.80. The van der Waals surface area contributed by atoms with Gasteiger partial charge in [-0.05, 0) is 29.8 Å². The molecule has 0 fully saturated rings. The quantitative estimate of drug-likeness (QED) is 0.829. The van der Waals surface area contributed by atoms with Gasteiger partial charge in [-0.1, -0.05) is 12.1 Å². The van der Waals surface area contributed by atoms with Gasteiger partial charge in [0.2, 0.25) is 0 Å². The van der Waals surface area contributed by atoms with Crippen LogP contribution < -0.4 is 5.32 Å². The summed E-state index contributed by atoms with van der Waals surface area (Å²) in [5.74, 6) is -3.34. The second-order valence-corrected chi connectivity index (χ2v) is 4.68. The maximum absolute atomic E-state index is 13.0. The highest BCUT2D eigenvalue weighted by atomic mass is 19.2. The molecule has 7 heteroatoms. The van der Waals surface area contributed by atoms with Crippen LogP contribution in [0.2, 0.25) is 0 Å². The fourth-order valence-electron chi connectivity index (χ4n) is 1.75. The molecule has 0 aromatic heterocycles. The van der Waals surface area contributed by atoms with Crippen LogP contribution in [0.4, 0.5) is 14.5 Å². The van der Waals surface area contributed by atoms with E-state index in [2.05, 4.69) is 5.32 Å². The van der Waals surface area contributed by atoms with Crippen molar-refractivity contribution in [1.82, 2.24) is 0 Å². The maximum atomic E-state index is 13.0. The average Bonchev–Trinajstić information content (AvgIpc) is 2.51. The lowest BCUT2D eigenvalue weighted by atomic mass is 10.1. The SMILES string of the molecule is O=C(COC(=O)Cc1ccc(O)cc1)Nc1ccc(F)c(F)c1. The lowest BCUT2D eigenvalue weighted by Crippen LogP contribution is -2.21. The van der Waals surface area contributed by atoms with Gasteiger partial charge in [-0.3, -0.25) is 9.59 Å². The molecule has 5 nitrogen and oxygen atoms in total. The third-order valence-electron chi connectivity index (χ3n) is 2.85. The molecule has 120 valence electrons. The monoisotopic (exact) mass is 321 g/mol. The summed E-state index contributed by atoms with van der Waals surface area (Å²) in [6, 6.07) is 8.86. The Kier molecular flexibility index (Phi) is 5.24. The number of carbonyl (C=O) groups is 2. The van der Waals surface area contributed by atoms with Crippen LogP contribution >= 0.6 is 0 Å². The van der Waals surface area contributed by atoms with Crippen LogP contribution in [0.1, 0.15) is 5.56 Å². The first-order valence-corrected chi connectivity index (χ1v) is 6.62. The summed E-state index contributed by atoms with van der Waals surface area (Å²) in [7, 11) is 0. The molecule has 0 aliphatic carbocycles. The number of ether oxygens (including phenoxy) is 1. The van der Waals surface area contributed by atoms with Crippen molar-refractivity contribution in [3.63, 3.8) is 0 Å². The van der Waals surface area contributed by atoms with E-state index in [0.717, 1.165) is 12.1 Å². The number of nitrogens with one attached hydrogen (secondary N) is 1. The van der Waals surface area contributed by atoms with Crippen molar-refractivity contribution in [2.45, 2.75) is 6.42 Å². The van der Waals surface area contributed by atoms with Crippen molar-refractivity contribution in [3.05, 3.63) is 59.7 Å². The van der Waals surface area contributed by atoms with Crippen molar-refractivity contribution < 1.29 is 28.2 Å². The van der Waals surface area contributed by atoms with Crippen LogP contribution in [0, 0.1) is 11.6 Å². The van der Waals surface area contributed by atoms with Gasteiger partial charge < -0.3 is 15.2 Å². The largest absolute Gasteiger partial charge is 0.508 e. The second kappa shape index (κ2) is 7.35. The molecular weight excluding hydrogens is 308 g/mol. The van der Waals surface area contributed by atoms with Gasteiger partial charge in [0.25, 0.3) is 5.91 Å². The molecule has 1 amide bonds. The van der Waals surface area contributed by atoms with Crippen LogP contribution in [0.25, 0.3) is 0 Å². The third-order valence-corrected chi connectivity index (χ3v) is 2.85. The predicted molar refractivity (Wildman–Crippen MR) is 77.8 cm³/mol. The molecule has 0 radical (unpaired) electrons. The number of aromatic hydroxyl groups is 1. The second-order valence-electron chi connectivity index (χ2n) is 4.68. The van der Waals surface area contributed by atoms with E-state index in [1.807, 2.05) is 0 Å². The van der Waals surface area contributed by atoms with Crippen LogP contribution in [-0.2, 0) is 20.7 Å². The number of benzene rings is 2. The smallest absolute Gasteiger partial charge is 0.310 e. The summed E-state index contributed by atoms with van der Waals surface area (Å²) in [5.41, 5.74) is 0.678. The maximum Gasteiger partial charge on any atom is 0.310 e. The Hall–Kier alpha value is -2.96. The Labute approximate surface area is 130 Å². The zero-order chi connectivity index (χ0) is 16.8. The molecule has 0 atom stereocenters. The molecular formula is C16H13F2NO4. The number of hydrogen-bond donors (Lipinski definition) is 2. The molecule has 2 rings (SSSR count). The zero-order valence-electron chi connectivity index (χ0n) is 11.9. The molecule has 0 saturated carbocycles. The van der Waals surface area contributed by atoms with Crippen molar-refractivity contribution >= 4 is 17.6 Å². The highest BCUT2D eigenvalue weighted by Gasteiger charge is 2.10. The molecule has 23 heavy (non-hydrogen) atoms. The molecule has 0 saturated heterocycles. The highest BCUT2D eigenvalue weighted by molar-refractivity contribution is 5.92. The number of hydrogen-bond acceptors (Lipinski definition) is 4. The molecule has 0 aliphatic rings. The van der Waals surface area contributed by atoms with Gasteiger partial charge in [0.15, 0.2) is 18.2 Å². The number of phenols is 1. The van der Waals surface area contributed by atoms with Gasteiger partial charge in [0, 0.05) is 11.8 Å². The third kappa shape index (κ3) is 5.06. The number of rotatable bonds is 5. The van der Waals surface area contributed by atoms with E-state index in [1.54, 1.807) is 12.1 Å². The van der Waals surface area contributed by atoms with Gasteiger partial charge in [-0.2, -0.15) is 0 Å². The molecule has 0 aliphatic heterocycles. The fraction of sp³-hybridized carbons (Fsp3) is 0.125. The van der Waals surface area contributed by atoms with E-state index < -0.39 is 30.1 Å². The predicted octanol–water partition coefficient (Wildman–Crippen LogP) is 2.39. The molecule has 0 heterocycles. The van der Waals surface area contributed by atoms with Crippen molar-refractivity contribution in [2.75, 3.05) is 11.9 Å². The van der Waals surface area contributed by atoms with E-state index in [4.69, 9.17) is 9.84 Å². The average molecular weight is 321 g/mol. The zero-order valence-corrected chi connectivity index (χ0v) is 11.9. The first-order chi connectivity index (χ1) is 10.9. The molecule has 0 unspecified atom stereocenters. The topological polar surface area (TPSA) is 75.6 Å². The minimum absolute atomic E-state index is 0.0568. The van der Waals surface area contributed by atoms with Gasteiger partial charge in [-0.25, -0.2) is 8.78 Å². The molecule has 0 spiro atoms. The standard InChI is InChI=1S/C16H13F2NO4/c17-13-6-3-11(8-14(13)18)19-15(21)9-23-16(22)7-10-1-4-12(20)5-2-10/h1-6,8,20H,7,9H2,(H,19,21). The van der Waals surface area contributed by atoms with Gasteiger partial charge in [-0.15, -0.1) is 0 Å². The van der Waals surface area contributed by atoms with Crippen molar-refractivity contribution in [1.29, 1.82) is 0 Å². The van der Waals surface area contributed by atoms with E-state index >= 15 is 0 Å². The van der Waals surface area contributed by atoms with E-state index in [9.17, 15) is 18.4 Å². The summed E-state index contributed by atoms with van der Waals surface area (Å²) in [5, 5.41) is 11.4. The van der Waals surface area contributed by atoms with E-state index in [0.29, 0.717) is 5.56 Å². The van der Waals surface area contributed by atoms with Gasteiger partial charge >= 0.3 is 5.97 Å². The van der Waals surface area contributed by atoms with Crippen LogP contribution in [-0.4, -0.2) is 23.6 Å². The number of phenolic OH excluding ortho intramolecular Hbond substituents is 1. The number of halogens is 2. The summed E-state index contributed by atoms with van der Waals surface area (Å²) < 4.78 is 30.5. The lowest BCUT2D eigenvalue weighted by molar-refractivity contribution is -0.146.